The first-order valence-electron chi connectivity index (χ1n) is 18.2. The number of nitrogens with one attached hydrogen (secondary N) is 1. The molecular weight excluding hydrogens is 718 g/mol. The Labute approximate surface area is 322 Å². The van der Waals surface area contributed by atoms with Crippen LogP contribution in [0.2, 0.25) is 0 Å². The predicted molar refractivity (Wildman–Crippen MR) is 198 cm³/mol. The second-order valence-corrected chi connectivity index (χ2v) is 11.9. The summed E-state index contributed by atoms with van der Waals surface area (Å²) in [5.74, 6) is -2.58. The highest BCUT2D eigenvalue weighted by Gasteiger charge is 2.25. The molecule has 0 radical (unpaired) electrons. The van der Waals surface area contributed by atoms with Gasteiger partial charge in [0.05, 0.1) is 45.7 Å². The fourth-order valence-corrected chi connectivity index (χ4v) is 3.76. The van der Waals surface area contributed by atoms with Crippen LogP contribution in [0.1, 0.15) is 108 Å². The maximum Gasteiger partial charge on any atom is 0.305 e. The monoisotopic (exact) mass is 791 g/mol. The molecule has 0 aliphatic carbocycles. The maximum absolute atomic E-state index is 12.4. The average Bonchev–Trinajstić information content (AvgIpc) is 3.13. The number of esters is 2. The van der Waals surface area contributed by atoms with Crippen molar-refractivity contribution in [3.05, 3.63) is 0 Å². The van der Waals surface area contributed by atoms with Crippen LogP contribution in [0.25, 0.3) is 0 Å². The molecule has 0 spiro atoms. The summed E-state index contributed by atoms with van der Waals surface area (Å²) in [6, 6.07) is 0. The molecule has 0 aromatic heterocycles. The van der Waals surface area contributed by atoms with Gasteiger partial charge in [0.2, 0.25) is 5.91 Å². The summed E-state index contributed by atoms with van der Waals surface area (Å²) in [5, 5.41) is 50.2. The Bertz CT molecular complexity index is 914. The standard InChI is InChI=1S/C31H57NO17.2C2H6.CH4/c1-6-21(13-33)47-28(16-36)45-17-23(15-35)49-30(20-44-26(40)11-7-9-24(37)32-31(2,3)4)46-18-22(14-34)48-29(42-5)19-43-27(41)12-8-10-25(38)39;2*1-2;/h21-23,28-30,33-36H,6-20H2,1-5H3,(H,32,37)(H,38,39);2*1-2H3;1H4/t21?,22?,23?,28-,29-,30-;;;/m0.../s1. The van der Waals surface area contributed by atoms with E-state index < -0.39 is 87.1 Å². The van der Waals surface area contributed by atoms with Crippen molar-refractivity contribution in [2.75, 3.05) is 60.0 Å². The van der Waals surface area contributed by atoms with Gasteiger partial charge in [-0.1, -0.05) is 42.0 Å². The second-order valence-electron chi connectivity index (χ2n) is 11.9. The van der Waals surface area contributed by atoms with Crippen molar-refractivity contribution >= 4 is 23.8 Å². The van der Waals surface area contributed by atoms with E-state index in [9.17, 15) is 39.6 Å². The van der Waals surface area contributed by atoms with Crippen LogP contribution in [0.4, 0.5) is 0 Å². The van der Waals surface area contributed by atoms with Crippen molar-refractivity contribution in [2.45, 2.75) is 150 Å². The minimum atomic E-state index is -1.33. The lowest BCUT2D eigenvalue weighted by atomic mass is 10.1. The number of ether oxygens (including phenoxy) is 8. The van der Waals surface area contributed by atoms with Crippen LogP contribution in [0, 0.1) is 0 Å². The Morgan fingerprint density at radius 2 is 1.04 bits per heavy atom. The third kappa shape index (κ3) is 34.0. The molecule has 0 rings (SSSR count). The fourth-order valence-electron chi connectivity index (χ4n) is 3.76. The third-order valence-electron chi connectivity index (χ3n) is 6.28. The number of methoxy groups -OCH3 is 1. The van der Waals surface area contributed by atoms with Gasteiger partial charge in [0.15, 0.2) is 18.9 Å². The summed E-state index contributed by atoms with van der Waals surface area (Å²) in [5.41, 5.74) is -0.417. The summed E-state index contributed by atoms with van der Waals surface area (Å²) in [7, 11) is 1.27. The zero-order valence-corrected chi connectivity index (χ0v) is 33.2. The van der Waals surface area contributed by atoms with Crippen molar-refractivity contribution in [2.24, 2.45) is 0 Å². The van der Waals surface area contributed by atoms with Crippen LogP contribution in [0.5, 0.6) is 0 Å². The number of hydrogen-bond donors (Lipinski definition) is 6. The number of rotatable bonds is 30. The molecule has 0 aromatic rings. The number of aliphatic hydroxyl groups excluding tert-OH is 4. The van der Waals surface area contributed by atoms with Gasteiger partial charge in [-0.05, 0) is 40.0 Å². The number of aliphatic hydroxyl groups is 4. The van der Waals surface area contributed by atoms with Gasteiger partial charge in [0.1, 0.15) is 25.4 Å². The first-order chi connectivity index (χ1) is 25.2. The van der Waals surface area contributed by atoms with E-state index in [0.717, 1.165) is 0 Å². The Hall–Kier alpha value is -2.52. The van der Waals surface area contributed by atoms with Gasteiger partial charge in [0.25, 0.3) is 0 Å². The van der Waals surface area contributed by atoms with E-state index in [4.69, 9.17) is 43.0 Å². The van der Waals surface area contributed by atoms with Crippen LogP contribution in [0.3, 0.4) is 0 Å². The van der Waals surface area contributed by atoms with Gasteiger partial charge in [-0.25, -0.2) is 0 Å². The minimum absolute atomic E-state index is 0. The molecule has 3 unspecified atom stereocenters. The number of carboxylic acid groups (broad SMARTS) is 1. The van der Waals surface area contributed by atoms with Gasteiger partial charge in [0, 0.05) is 38.3 Å². The van der Waals surface area contributed by atoms with E-state index in [1.807, 2.05) is 48.5 Å². The molecule has 0 aliphatic heterocycles. The van der Waals surface area contributed by atoms with Crippen LogP contribution in [0.15, 0.2) is 0 Å². The number of carbonyl (C=O) groups is 4. The second kappa shape index (κ2) is 37.4. The highest BCUT2D eigenvalue weighted by atomic mass is 16.7. The third-order valence-corrected chi connectivity index (χ3v) is 6.28. The van der Waals surface area contributed by atoms with E-state index in [2.05, 4.69) is 5.32 Å². The van der Waals surface area contributed by atoms with Gasteiger partial charge in [-0.15, -0.1) is 0 Å². The largest absolute Gasteiger partial charge is 0.481 e. The molecule has 0 saturated carbocycles. The molecule has 0 bridgehead atoms. The molecule has 0 fully saturated rings. The van der Waals surface area contributed by atoms with Crippen LogP contribution >= 0.6 is 0 Å². The van der Waals surface area contributed by atoms with E-state index in [1.54, 1.807) is 6.92 Å². The van der Waals surface area contributed by atoms with Crippen LogP contribution in [-0.2, 0) is 57.1 Å². The smallest absolute Gasteiger partial charge is 0.305 e. The van der Waals surface area contributed by atoms with Crippen LogP contribution in [-0.4, -0.2) is 152 Å². The van der Waals surface area contributed by atoms with Gasteiger partial charge < -0.3 is 68.7 Å². The minimum Gasteiger partial charge on any atom is -0.481 e. The van der Waals surface area contributed by atoms with Crippen molar-refractivity contribution < 1.29 is 82.6 Å². The number of amides is 1. The lowest BCUT2D eigenvalue weighted by Crippen LogP contribution is -2.40. The molecule has 324 valence electrons. The molecule has 0 aliphatic rings. The first kappa shape index (κ1) is 58.2. The van der Waals surface area contributed by atoms with Crippen molar-refractivity contribution in [1.29, 1.82) is 0 Å². The zero-order valence-electron chi connectivity index (χ0n) is 33.2. The van der Waals surface area contributed by atoms with Crippen molar-refractivity contribution in [3.63, 3.8) is 0 Å². The molecule has 54 heavy (non-hydrogen) atoms. The Morgan fingerprint density at radius 1 is 0.611 bits per heavy atom. The summed E-state index contributed by atoms with van der Waals surface area (Å²) < 4.78 is 43.5. The van der Waals surface area contributed by atoms with Crippen molar-refractivity contribution in [3.8, 4) is 0 Å². The van der Waals surface area contributed by atoms with Crippen molar-refractivity contribution in [1.82, 2.24) is 5.32 Å². The average molecular weight is 792 g/mol. The predicted octanol–water partition coefficient (Wildman–Crippen LogP) is 2.29. The molecular formula is C36H73NO17. The molecule has 0 heterocycles. The first-order valence-corrected chi connectivity index (χ1v) is 18.2. The SMILES string of the molecule is C.CC.CC.CCC(CO)O[C@@H](CO)OCC(CO)O[C@@H](COC(=O)CCCC(=O)NC(C)(C)C)OCC(CO)O[C@@H](COC(=O)CCCC(=O)O)OC. The normalized spacial score (nSPS) is 14.2. The quantitative estimate of drug-likeness (QED) is 0.0451. The highest BCUT2D eigenvalue weighted by Crippen LogP contribution is 2.11. The molecule has 6 atom stereocenters. The topological polar surface area (TPSA) is 255 Å². The number of carboxylic acids is 1. The van der Waals surface area contributed by atoms with E-state index in [-0.39, 0.29) is 78.3 Å². The Kier molecular flexibility index (Phi) is 40.3. The lowest BCUT2D eigenvalue weighted by Gasteiger charge is -2.28. The summed E-state index contributed by atoms with van der Waals surface area (Å²) in [6.45, 7) is 11.8. The maximum atomic E-state index is 12.4. The molecule has 1 amide bonds. The molecule has 18 nitrogen and oxygen atoms in total. The molecule has 0 saturated heterocycles. The molecule has 18 heteroatoms. The van der Waals surface area contributed by atoms with Gasteiger partial charge in [-0.2, -0.15) is 0 Å². The van der Waals surface area contributed by atoms with Gasteiger partial charge in [-0.3, -0.25) is 19.2 Å². The number of aliphatic carboxylic acids is 1. The number of hydrogen-bond acceptors (Lipinski definition) is 16. The van der Waals surface area contributed by atoms with E-state index >= 15 is 0 Å². The summed E-state index contributed by atoms with van der Waals surface area (Å²) >= 11 is 0. The molecule has 6 N–H and O–H groups in total. The Morgan fingerprint density at radius 3 is 1.44 bits per heavy atom. The molecule has 0 aromatic carbocycles. The zero-order chi connectivity index (χ0) is 41.2. The number of carbonyl (C=O) groups excluding carboxylic acids is 3. The Balaban J connectivity index is -0.00000241. The summed E-state index contributed by atoms with van der Waals surface area (Å²) in [4.78, 5) is 47.0. The van der Waals surface area contributed by atoms with Gasteiger partial charge >= 0.3 is 17.9 Å². The summed E-state index contributed by atoms with van der Waals surface area (Å²) in [6.07, 6.45) is -5.84. The van der Waals surface area contributed by atoms with Crippen LogP contribution < -0.4 is 5.32 Å². The fraction of sp³-hybridized carbons (Fsp3) is 0.889. The van der Waals surface area contributed by atoms with E-state index in [1.165, 1.54) is 7.11 Å². The lowest BCUT2D eigenvalue weighted by molar-refractivity contribution is -0.254. The highest BCUT2D eigenvalue weighted by molar-refractivity contribution is 5.77. The van der Waals surface area contributed by atoms with E-state index in [0.29, 0.717) is 6.42 Å².